The largest absolute Gasteiger partial charge is 0.491 e. The molecule has 1 aromatic heterocycles. The van der Waals surface area contributed by atoms with Crippen LogP contribution in [0.1, 0.15) is 94.8 Å². The molecule has 7 atom stereocenters. The molecule has 1 saturated heterocycles. The van der Waals surface area contributed by atoms with E-state index in [4.69, 9.17) is 14.2 Å². The van der Waals surface area contributed by atoms with Gasteiger partial charge in [0.1, 0.15) is 48.4 Å². The zero-order valence-corrected chi connectivity index (χ0v) is 42.0. The second kappa shape index (κ2) is 21.3. The van der Waals surface area contributed by atoms with Gasteiger partial charge in [-0.2, -0.15) is 0 Å². The molecule has 1 unspecified atom stereocenters. The van der Waals surface area contributed by atoms with Crippen LogP contribution in [0, 0.1) is 35.8 Å². The number of ether oxygens (including phenoxy) is 3. The fraction of sp³-hybridized carbons (Fsp3) is 0.519. The minimum atomic E-state index is -1.58. The van der Waals surface area contributed by atoms with Crippen LogP contribution in [-0.4, -0.2) is 114 Å². The average molecular weight is 986 g/mol. The Morgan fingerprint density at radius 2 is 1.66 bits per heavy atom. The number of rotatable bonds is 19. The minimum Gasteiger partial charge on any atom is -0.491 e. The Hall–Kier alpha value is -5.13. The van der Waals surface area contributed by atoms with Crippen molar-refractivity contribution < 1.29 is 46.9 Å². The van der Waals surface area contributed by atoms with E-state index in [1.165, 1.54) is 30.9 Å². The van der Waals surface area contributed by atoms with E-state index in [0.29, 0.717) is 26.1 Å². The van der Waals surface area contributed by atoms with Crippen molar-refractivity contribution in [1.82, 2.24) is 25.4 Å². The molecule has 3 aromatic carbocycles. The van der Waals surface area contributed by atoms with Gasteiger partial charge in [-0.1, -0.05) is 69.3 Å². The Labute approximate surface area is 413 Å². The lowest BCUT2D eigenvalue weighted by atomic mass is 9.84. The lowest BCUT2D eigenvalue weighted by molar-refractivity contribution is -0.144. The molecule has 16 heteroatoms. The van der Waals surface area contributed by atoms with Gasteiger partial charge in [-0.3, -0.25) is 19.3 Å². The molecular weight excluding hydrogens is 920 g/mol. The van der Waals surface area contributed by atoms with Crippen molar-refractivity contribution in [2.24, 2.45) is 17.3 Å². The molecule has 0 bridgehead atoms. The van der Waals surface area contributed by atoms with Crippen LogP contribution in [0.2, 0.25) is 0 Å². The second-order valence-electron chi connectivity index (χ2n) is 21.1. The number of amides is 3. The Balaban J connectivity index is 0.766. The van der Waals surface area contributed by atoms with Crippen LogP contribution in [0.4, 0.5) is 13.2 Å². The predicted molar refractivity (Wildman–Crippen MR) is 263 cm³/mol. The van der Waals surface area contributed by atoms with Gasteiger partial charge in [0, 0.05) is 56.4 Å². The van der Waals surface area contributed by atoms with Crippen molar-refractivity contribution >= 4 is 34.6 Å². The van der Waals surface area contributed by atoms with Gasteiger partial charge in [-0.15, -0.1) is 11.3 Å². The normalized spacial score (nSPS) is 22.7. The zero-order chi connectivity index (χ0) is 50.1. The van der Waals surface area contributed by atoms with Crippen LogP contribution in [0.25, 0.3) is 16.0 Å². The number of nitrogens with one attached hydrogen (secondary N) is 2. The van der Waals surface area contributed by atoms with Gasteiger partial charge >= 0.3 is 0 Å². The molecule has 2 aliphatic heterocycles. The first-order chi connectivity index (χ1) is 33.3. The molecule has 8 rings (SSSR count). The molecule has 70 heavy (non-hydrogen) atoms. The molecule has 3 heterocycles. The molecule has 3 N–H and O–H groups in total. The fourth-order valence-electron chi connectivity index (χ4n) is 10.2. The Morgan fingerprint density at radius 1 is 0.957 bits per heavy atom. The van der Waals surface area contributed by atoms with E-state index in [1.807, 2.05) is 88.0 Å². The number of hydrogen-bond donors (Lipinski definition) is 3. The van der Waals surface area contributed by atoms with Crippen molar-refractivity contribution in [3.05, 3.63) is 111 Å². The first-order valence-electron chi connectivity index (χ1n) is 24.3. The van der Waals surface area contributed by atoms with Crippen LogP contribution < -0.4 is 15.4 Å². The van der Waals surface area contributed by atoms with Crippen molar-refractivity contribution in [2.75, 3.05) is 46.1 Å². The van der Waals surface area contributed by atoms with Gasteiger partial charge in [-0.05, 0) is 97.6 Å². The topological polar surface area (TPSA) is 143 Å². The Kier molecular flexibility index (Phi) is 15.6. The third kappa shape index (κ3) is 12.0. The summed E-state index contributed by atoms with van der Waals surface area (Å²) in [7, 11) is 0. The zero-order valence-electron chi connectivity index (χ0n) is 41.2. The summed E-state index contributed by atoms with van der Waals surface area (Å²) in [6.07, 6.45) is 1.25. The molecule has 2 fully saturated rings. The summed E-state index contributed by atoms with van der Waals surface area (Å²) in [5, 5.41) is 16.3. The predicted octanol–water partition coefficient (Wildman–Crippen LogP) is 8.15. The van der Waals surface area contributed by atoms with Crippen molar-refractivity contribution in [1.29, 1.82) is 0 Å². The maximum absolute atomic E-state index is 16.1. The molecule has 12 nitrogen and oxygen atoms in total. The van der Waals surface area contributed by atoms with Gasteiger partial charge in [0.2, 0.25) is 17.7 Å². The number of aliphatic hydroxyl groups is 1. The third-order valence-electron chi connectivity index (χ3n) is 13.9. The van der Waals surface area contributed by atoms with Gasteiger partial charge in [0.05, 0.1) is 41.4 Å². The standard InChI is InChI=1S/C54H66F3N5O7S/c1-31-18-41-40-11-9-8-10-35(40)20-42(41)48(62(31)29-54(6,7)57)47-43(55)22-39(23-44(47)56)69-17-16-67-26-36-19-37(36)27-68-28-46(64)60-50(53(3,4)5)52(66)61-25-38(63)21-45(61)51(65)58-24-33-12-14-34(15-13-33)49-32(2)59-30-70-49/h8-15,22-23,30-31,36-38,45,48,50,63H,16-21,24-29H2,1-7H3,(H,58,65)(H,60,64)/t31-,36?,37+,38-,45+,48+,50-/m1/s1. The van der Waals surface area contributed by atoms with Crippen molar-refractivity contribution in [3.63, 3.8) is 0 Å². The number of likely N-dealkylation sites (tertiary alicyclic amines) is 1. The van der Waals surface area contributed by atoms with Gasteiger partial charge in [0.25, 0.3) is 0 Å². The highest BCUT2D eigenvalue weighted by atomic mass is 32.1. The highest BCUT2D eigenvalue weighted by Crippen LogP contribution is 2.50. The first-order valence-corrected chi connectivity index (χ1v) is 25.2. The molecule has 2 aliphatic carbocycles. The number of halogens is 3. The van der Waals surface area contributed by atoms with Crippen LogP contribution in [-0.2, 0) is 36.8 Å². The molecule has 3 amide bonds. The van der Waals surface area contributed by atoms with Crippen molar-refractivity contribution in [3.8, 4) is 16.2 Å². The van der Waals surface area contributed by atoms with E-state index in [-0.39, 0.29) is 81.0 Å². The molecule has 0 radical (unpaired) electrons. The molecular formula is C54H66F3N5O7S. The monoisotopic (exact) mass is 985 g/mol. The highest BCUT2D eigenvalue weighted by molar-refractivity contribution is 7.13. The third-order valence-corrected chi connectivity index (χ3v) is 14.9. The van der Waals surface area contributed by atoms with Gasteiger partial charge < -0.3 is 34.9 Å². The maximum atomic E-state index is 16.1. The number of benzene rings is 3. The summed E-state index contributed by atoms with van der Waals surface area (Å²) in [6.45, 7) is 13.4. The summed E-state index contributed by atoms with van der Waals surface area (Å²) in [5.41, 5.74) is 6.48. The number of aryl methyl sites for hydroxylation is 1. The van der Waals surface area contributed by atoms with Crippen LogP contribution >= 0.6 is 11.3 Å². The van der Waals surface area contributed by atoms with Crippen LogP contribution in [0.3, 0.4) is 0 Å². The van der Waals surface area contributed by atoms with Gasteiger partial charge in [-0.25, -0.2) is 18.2 Å². The molecule has 376 valence electrons. The lowest BCUT2D eigenvalue weighted by Crippen LogP contribution is -2.58. The van der Waals surface area contributed by atoms with Crippen LogP contribution in [0.5, 0.6) is 5.75 Å². The minimum absolute atomic E-state index is 0.0213. The van der Waals surface area contributed by atoms with E-state index in [9.17, 15) is 19.5 Å². The number of hydrogen-bond acceptors (Lipinski definition) is 10. The number of fused-ring (bicyclic) bond motifs is 2. The SMILES string of the molecule is Cc1ncsc1-c1ccc(CNC(=O)[C@@H]2C[C@@H](O)CN2C(=O)[C@@H](NC(=O)COC[C@@H]2CC2COCCOc2cc(F)c([C@@H]3C4=C(C[C@@H](C)N3CC(C)(C)F)c3ccccc3C4)c(F)c2)C(C)(C)C)cc1. The summed E-state index contributed by atoms with van der Waals surface area (Å²) < 4.78 is 64.8. The molecule has 1 saturated carbocycles. The number of nitrogens with zero attached hydrogens (tertiary/aromatic N) is 3. The quantitative estimate of drug-likeness (QED) is 0.0794. The number of carbonyl (C=O) groups excluding carboxylic acids is 3. The number of thiazole rings is 1. The summed E-state index contributed by atoms with van der Waals surface area (Å²) in [4.78, 5) is 49.3. The average Bonchev–Trinajstić information content (AvgIpc) is 3.52. The summed E-state index contributed by atoms with van der Waals surface area (Å²) in [5.74, 6) is -2.39. The van der Waals surface area contributed by atoms with Gasteiger partial charge in [0.15, 0.2) is 0 Å². The Morgan fingerprint density at radius 3 is 2.33 bits per heavy atom. The second-order valence-corrected chi connectivity index (χ2v) is 22.0. The van der Waals surface area contributed by atoms with E-state index in [0.717, 1.165) is 50.4 Å². The number of aliphatic hydroxyl groups excluding tert-OH is 1. The number of β-amino-alcohol motifs (C(OH)–C–C–N with tert-alkyl or cyclic N) is 1. The number of aromatic nitrogens is 1. The number of carbonyl (C=O) groups is 3. The fourth-order valence-corrected chi connectivity index (χ4v) is 11.0. The Bertz CT molecular complexity index is 2550. The first kappa shape index (κ1) is 51.2. The molecule has 4 aliphatic rings. The maximum Gasteiger partial charge on any atom is 0.246 e. The van der Waals surface area contributed by atoms with E-state index in [2.05, 4.69) is 15.6 Å². The van der Waals surface area contributed by atoms with Crippen LogP contribution in [0.15, 0.2) is 71.7 Å². The smallest absolute Gasteiger partial charge is 0.246 e. The highest BCUT2D eigenvalue weighted by Gasteiger charge is 2.46. The van der Waals surface area contributed by atoms with E-state index < -0.39 is 58.8 Å². The molecule has 4 aromatic rings. The molecule has 0 spiro atoms. The van der Waals surface area contributed by atoms with Crippen molar-refractivity contribution in [2.45, 2.75) is 117 Å². The summed E-state index contributed by atoms with van der Waals surface area (Å²) in [6, 6.07) is 15.5. The summed E-state index contributed by atoms with van der Waals surface area (Å²) >= 11 is 1.56. The lowest BCUT2D eigenvalue weighted by Gasteiger charge is -2.44. The number of alkyl halides is 1. The van der Waals surface area contributed by atoms with E-state index >= 15 is 13.2 Å². The van der Waals surface area contributed by atoms with E-state index in [1.54, 1.807) is 16.8 Å².